The second-order valence-electron chi connectivity index (χ2n) is 10.5. The van der Waals surface area contributed by atoms with E-state index in [4.69, 9.17) is 4.55 Å². The van der Waals surface area contributed by atoms with E-state index in [9.17, 15) is 31.6 Å². The van der Waals surface area contributed by atoms with Gasteiger partial charge < -0.3 is 14.8 Å². The number of aryl methyl sites for hydroxylation is 2. The molecule has 244 valence electrons. The van der Waals surface area contributed by atoms with Gasteiger partial charge in [-0.2, -0.15) is 23.8 Å². The second kappa shape index (κ2) is 15.7. The van der Waals surface area contributed by atoms with Gasteiger partial charge in [0.2, 0.25) is 0 Å². The predicted octanol–water partition coefficient (Wildman–Crippen LogP) is 7.68. The van der Waals surface area contributed by atoms with Crippen LogP contribution in [0.1, 0.15) is 11.1 Å². The molecule has 12 nitrogen and oxygen atoms in total. The molecule has 0 saturated heterocycles. The number of phenolic OH excluding ortho intramolecular Hbond substituents is 1. The molecule has 0 bridgehead atoms. The fraction of sp³-hybridized carbons (Fsp3) is 0.0588. The minimum absolute atomic E-state index is 0. The molecule has 0 radical (unpaired) electrons. The Balaban J connectivity index is 0.000000216. The summed E-state index contributed by atoms with van der Waals surface area (Å²) in [6, 6.07) is 29.4. The summed E-state index contributed by atoms with van der Waals surface area (Å²) in [7, 11) is -8.79. The van der Waals surface area contributed by atoms with Crippen molar-refractivity contribution in [2.45, 2.75) is 23.6 Å². The molecule has 0 aromatic heterocycles. The topological polar surface area (TPSA) is 204 Å². The Labute approximate surface area is 322 Å². The number of hydrogen-bond acceptors (Lipinski definition) is 11. The fourth-order valence-corrected chi connectivity index (χ4v) is 6.26. The first-order valence-corrected chi connectivity index (χ1v) is 16.9. The summed E-state index contributed by atoms with van der Waals surface area (Å²) < 4.78 is 64.8. The molecule has 49 heavy (non-hydrogen) atoms. The number of azo groups is 2. The van der Waals surface area contributed by atoms with Crippen LogP contribution in [0.5, 0.6) is 11.5 Å². The van der Waals surface area contributed by atoms with Crippen LogP contribution in [0.25, 0.3) is 21.5 Å². The maximum Gasteiger partial charge on any atom is 2.00 e. The van der Waals surface area contributed by atoms with Crippen molar-refractivity contribution in [1.82, 2.24) is 0 Å². The number of fused-ring (bicyclic) bond motifs is 2. The van der Waals surface area contributed by atoms with Crippen LogP contribution in [0, 0.1) is 13.8 Å². The van der Waals surface area contributed by atoms with Crippen molar-refractivity contribution in [1.29, 1.82) is 0 Å². The Morgan fingerprint density at radius 2 is 1.06 bits per heavy atom. The zero-order valence-corrected chi connectivity index (χ0v) is 32.1. The molecule has 0 fully saturated rings. The summed E-state index contributed by atoms with van der Waals surface area (Å²) in [6.45, 7) is 3.05. The molecule has 6 aromatic rings. The van der Waals surface area contributed by atoms with E-state index >= 15 is 0 Å². The van der Waals surface area contributed by atoms with Crippen LogP contribution in [0.2, 0.25) is 0 Å². The molecule has 6 aromatic carbocycles. The third kappa shape index (κ3) is 9.18. The Bertz CT molecular complexity index is 2300. The monoisotopic (exact) mass is 820 g/mol. The number of phenols is 1. The van der Waals surface area contributed by atoms with Crippen molar-refractivity contribution in [3.05, 3.63) is 120 Å². The third-order valence-electron chi connectivity index (χ3n) is 7.14. The standard InChI is InChI=1S/2C17H14N2O4S.Ba/c2*1-11-10-13(7-9-16(11)24(21,22)23)18-19-17-14-5-3-2-4-12(14)6-8-15(17)20;/h2*2-10,20H,1H3,(H,21,22,23);/q;;+2/p-2. The summed E-state index contributed by atoms with van der Waals surface area (Å²) >= 11 is 0. The molecular weight excluding hydrogens is 794 g/mol. The number of nitrogens with zero attached hydrogens (tertiary/aromatic N) is 4. The normalized spacial score (nSPS) is 11.8. The van der Waals surface area contributed by atoms with Crippen LogP contribution in [-0.2, 0) is 20.2 Å². The van der Waals surface area contributed by atoms with E-state index in [0.29, 0.717) is 28.0 Å². The van der Waals surface area contributed by atoms with Gasteiger partial charge in [0.1, 0.15) is 21.6 Å². The van der Waals surface area contributed by atoms with E-state index in [-0.39, 0.29) is 81.4 Å². The summed E-state index contributed by atoms with van der Waals surface area (Å²) in [5, 5.41) is 41.5. The molecule has 2 N–H and O–H groups in total. The van der Waals surface area contributed by atoms with Gasteiger partial charge in [-0.15, -0.1) is 5.11 Å². The molecule has 0 heterocycles. The van der Waals surface area contributed by atoms with Crippen LogP contribution in [-0.4, -0.2) is 79.9 Å². The molecule has 0 aliphatic heterocycles. The Morgan fingerprint density at radius 1 is 0.592 bits per heavy atom. The van der Waals surface area contributed by atoms with Crippen molar-refractivity contribution < 1.29 is 36.2 Å². The first-order chi connectivity index (χ1) is 22.7. The van der Waals surface area contributed by atoms with E-state index in [1.54, 1.807) is 37.3 Å². The Hall–Kier alpha value is -3.97. The van der Waals surface area contributed by atoms with E-state index < -0.39 is 20.2 Å². The van der Waals surface area contributed by atoms with Gasteiger partial charge in [-0.25, -0.2) is 8.42 Å². The van der Waals surface area contributed by atoms with Crippen LogP contribution < -0.4 is 5.11 Å². The van der Waals surface area contributed by atoms with Gasteiger partial charge in [0, 0.05) is 10.8 Å². The number of hydrogen-bond donors (Lipinski definition) is 2. The van der Waals surface area contributed by atoms with Crippen LogP contribution in [0.4, 0.5) is 22.7 Å². The van der Waals surface area contributed by atoms with Crippen molar-refractivity contribution >= 4 is 113 Å². The molecule has 6 rings (SSSR count). The number of benzene rings is 6. The zero-order valence-electron chi connectivity index (χ0n) is 26.0. The summed E-state index contributed by atoms with van der Waals surface area (Å²) in [5.41, 5.74) is 1.95. The summed E-state index contributed by atoms with van der Waals surface area (Å²) in [6.07, 6.45) is 0. The van der Waals surface area contributed by atoms with Crippen LogP contribution in [0.15, 0.2) is 139 Å². The summed E-state index contributed by atoms with van der Waals surface area (Å²) in [5.74, 6) is -0.253. The second-order valence-corrected chi connectivity index (χ2v) is 13.3. The quantitative estimate of drug-likeness (QED) is 0.0967. The van der Waals surface area contributed by atoms with Gasteiger partial charge >= 0.3 is 48.9 Å². The van der Waals surface area contributed by atoms with Crippen LogP contribution in [0.3, 0.4) is 0 Å². The van der Waals surface area contributed by atoms with Crippen molar-refractivity contribution in [3.63, 3.8) is 0 Å². The molecule has 0 saturated carbocycles. The molecule has 0 atom stereocenters. The molecule has 15 heteroatoms. The van der Waals surface area contributed by atoms with Crippen molar-refractivity contribution in [3.8, 4) is 11.5 Å². The van der Waals surface area contributed by atoms with Crippen LogP contribution >= 0.6 is 0 Å². The molecule has 0 amide bonds. The fourth-order valence-electron chi connectivity index (χ4n) is 4.86. The van der Waals surface area contributed by atoms with Gasteiger partial charge in [0.05, 0.1) is 26.9 Å². The van der Waals surface area contributed by atoms with E-state index in [1.165, 1.54) is 49.4 Å². The number of aromatic hydroxyl groups is 1. The minimum Gasteiger partial charge on any atom is -0.871 e. The zero-order chi connectivity index (χ0) is 34.6. The molecule has 0 aliphatic carbocycles. The van der Waals surface area contributed by atoms with Gasteiger partial charge in [-0.3, -0.25) is 4.55 Å². The molecule has 0 aliphatic rings. The van der Waals surface area contributed by atoms with Gasteiger partial charge in [0.15, 0.2) is 0 Å². The minimum atomic E-state index is -4.53. The van der Waals surface area contributed by atoms with Crippen molar-refractivity contribution in [2.75, 3.05) is 0 Å². The van der Waals surface area contributed by atoms with E-state index in [2.05, 4.69) is 20.5 Å². The van der Waals surface area contributed by atoms with Gasteiger partial charge in [-0.05, 0) is 78.2 Å². The molecule has 0 spiro atoms. The van der Waals surface area contributed by atoms with Gasteiger partial charge in [0.25, 0.3) is 10.1 Å². The first kappa shape index (κ1) is 37.8. The first-order valence-electron chi connectivity index (χ1n) is 14.1. The third-order valence-corrected chi connectivity index (χ3v) is 9.15. The van der Waals surface area contributed by atoms with Gasteiger partial charge in [-0.1, -0.05) is 72.5 Å². The Morgan fingerprint density at radius 3 is 1.57 bits per heavy atom. The molecule has 0 unspecified atom stereocenters. The number of rotatable bonds is 6. The predicted molar refractivity (Wildman–Crippen MR) is 183 cm³/mol. The smallest absolute Gasteiger partial charge is 0.871 e. The average molecular weight is 820 g/mol. The Kier molecular flexibility index (Phi) is 12.1. The van der Waals surface area contributed by atoms with E-state index in [0.717, 1.165) is 16.2 Å². The maximum atomic E-state index is 12.0. The average Bonchev–Trinajstić information content (AvgIpc) is 3.03. The summed E-state index contributed by atoms with van der Waals surface area (Å²) in [4.78, 5) is -0.467. The SMILES string of the molecule is Cc1cc(N=Nc2c(O)ccc3ccccc23)ccc1S(=O)(=O)O.Cc1cc(N=Nc2c([O-])ccc3ccccc23)ccc1S(=O)(=O)[O-].[Ba+2]. The van der Waals surface area contributed by atoms with Crippen molar-refractivity contribution in [2.24, 2.45) is 20.5 Å². The maximum absolute atomic E-state index is 12.0. The largest absolute Gasteiger partial charge is 2.00 e. The molecular formula is C34H26BaN4O8S2. The van der Waals surface area contributed by atoms with E-state index in [1.807, 2.05) is 36.4 Å².